The third-order valence-corrected chi connectivity index (χ3v) is 3.53. The standard InChI is InChI=1S/C17H17N3/c1-2-12-11-14-9-6-10-15(13-7-4-3-5-8-13)16(14)19-17(12)20-18/h3-11H,2,18H2,1H3,(H,19,20). The third kappa shape index (κ3) is 2.12. The van der Waals surface area contributed by atoms with Crippen molar-refractivity contribution in [3.63, 3.8) is 0 Å². The molecule has 100 valence electrons. The van der Waals surface area contributed by atoms with Crippen LogP contribution in [0.5, 0.6) is 0 Å². The van der Waals surface area contributed by atoms with Crippen LogP contribution in [0.25, 0.3) is 22.0 Å². The van der Waals surface area contributed by atoms with Crippen molar-refractivity contribution in [2.24, 2.45) is 5.84 Å². The second-order valence-corrected chi connectivity index (χ2v) is 4.74. The first-order valence-corrected chi connectivity index (χ1v) is 6.78. The number of nitrogen functional groups attached to an aromatic ring is 1. The molecule has 3 heteroatoms. The summed E-state index contributed by atoms with van der Waals surface area (Å²) in [6.07, 6.45) is 0.901. The lowest BCUT2D eigenvalue weighted by Gasteiger charge is -2.11. The van der Waals surface area contributed by atoms with Crippen LogP contribution in [0.4, 0.5) is 5.82 Å². The first-order chi connectivity index (χ1) is 9.83. The Balaban J connectivity index is 2.29. The van der Waals surface area contributed by atoms with E-state index in [1.54, 1.807) is 0 Å². The minimum Gasteiger partial charge on any atom is -0.308 e. The molecule has 0 aliphatic heterocycles. The van der Waals surface area contributed by atoms with Crippen molar-refractivity contribution in [1.29, 1.82) is 0 Å². The maximum Gasteiger partial charge on any atom is 0.143 e. The normalized spacial score (nSPS) is 10.7. The highest BCUT2D eigenvalue weighted by atomic mass is 15.2. The molecule has 0 bridgehead atoms. The molecule has 0 radical (unpaired) electrons. The number of rotatable bonds is 3. The van der Waals surface area contributed by atoms with Crippen LogP contribution in [0.2, 0.25) is 0 Å². The van der Waals surface area contributed by atoms with Crippen molar-refractivity contribution in [3.05, 3.63) is 60.2 Å². The van der Waals surface area contributed by atoms with Gasteiger partial charge in [0.05, 0.1) is 5.52 Å². The summed E-state index contributed by atoms with van der Waals surface area (Å²) < 4.78 is 0. The highest BCUT2D eigenvalue weighted by Crippen LogP contribution is 2.29. The van der Waals surface area contributed by atoms with Crippen molar-refractivity contribution >= 4 is 16.7 Å². The smallest absolute Gasteiger partial charge is 0.143 e. The predicted molar refractivity (Wildman–Crippen MR) is 84.4 cm³/mol. The van der Waals surface area contributed by atoms with Crippen LogP contribution in [0.3, 0.4) is 0 Å². The van der Waals surface area contributed by atoms with Gasteiger partial charge >= 0.3 is 0 Å². The fourth-order valence-corrected chi connectivity index (χ4v) is 2.49. The number of nitrogens with one attached hydrogen (secondary N) is 1. The fourth-order valence-electron chi connectivity index (χ4n) is 2.49. The molecule has 1 heterocycles. The van der Waals surface area contributed by atoms with Gasteiger partial charge in [0.15, 0.2) is 0 Å². The molecule has 2 aromatic carbocycles. The number of pyridine rings is 1. The van der Waals surface area contributed by atoms with Gasteiger partial charge in [-0.25, -0.2) is 10.8 Å². The number of nitrogens with zero attached hydrogens (tertiary/aromatic N) is 1. The average molecular weight is 263 g/mol. The van der Waals surface area contributed by atoms with Crippen LogP contribution < -0.4 is 11.3 Å². The molecule has 0 saturated heterocycles. The summed E-state index contributed by atoms with van der Waals surface area (Å²) in [6, 6.07) is 18.7. The number of anilines is 1. The minimum atomic E-state index is 0.753. The van der Waals surface area contributed by atoms with Crippen molar-refractivity contribution in [3.8, 4) is 11.1 Å². The maximum atomic E-state index is 5.59. The van der Waals surface area contributed by atoms with E-state index in [2.05, 4.69) is 48.7 Å². The van der Waals surface area contributed by atoms with Crippen LogP contribution >= 0.6 is 0 Å². The van der Waals surface area contributed by atoms with Gasteiger partial charge in [-0.1, -0.05) is 55.5 Å². The largest absolute Gasteiger partial charge is 0.308 e. The molecule has 0 saturated carbocycles. The Morgan fingerprint density at radius 2 is 1.85 bits per heavy atom. The third-order valence-electron chi connectivity index (χ3n) is 3.53. The Kier molecular flexibility index (Phi) is 3.35. The topological polar surface area (TPSA) is 50.9 Å². The predicted octanol–water partition coefficient (Wildman–Crippen LogP) is 3.75. The molecule has 3 N–H and O–H groups in total. The molecule has 1 aromatic heterocycles. The summed E-state index contributed by atoms with van der Waals surface area (Å²) in [6.45, 7) is 2.10. The number of hydrogen-bond acceptors (Lipinski definition) is 3. The molecule has 0 aliphatic rings. The van der Waals surface area contributed by atoms with Crippen LogP contribution in [0.15, 0.2) is 54.6 Å². The van der Waals surface area contributed by atoms with E-state index in [1.807, 2.05) is 18.2 Å². The number of hydrazine groups is 1. The van der Waals surface area contributed by atoms with Crippen molar-refractivity contribution < 1.29 is 0 Å². The van der Waals surface area contributed by atoms with E-state index < -0.39 is 0 Å². The van der Waals surface area contributed by atoms with Gasteiger partial charge < -0.3 is 5.43 Å². The summed E-state index contributed by atoms with van der Waals surface area (Å²) in [4.78, 5) is 4.70. The number of aryl methyl sites for hydroxylation is 1. The van der Waals surface area contributed by atoms with Crippen LogP contribution in [-0.4, -0.2) is 4.98 Å². The summed E-state index contributed by atoms with van der Waals surface area (Å²) in [7, 11) is 0. The number of aromatic nitrogens is 1. The molecular formula is C17H17N3. The molecule has 20 heavy (non-hydrogen) atoms. The van der Waals surface area contributed by atoms with Gasteiger partial charge in [-0.15, -0.1) is 0 Å². The van der Waals surface area contributed by atoms with Crippen LogP contribution in [0, 0.1) is 0 Å². The molecule has 0 aliphatic carbocycles. The Bertz CT molecular complexity index is 736. The van der Waals surface area contributed by atoms with Crippen LogP contribution in [-0.2, 0) is 6.42 Å². The second-order valence-electron chi connectivity index (χ2n) is 4.74. The average Bonchev–Trinajstić information content (AvgIpc) is 2.53. The molecule has 0 atom stereocenters. The highest BCUT2D eigenvalue weighted by molar-refractivity contribution is 5.95. The molecule has 3 aromatic rings. The number of hydrogen-bond donors (Lipinski definition) is 2. The summed E-state index contributed by atoms with van der Waals surface area (Å²) in [5.41, 5.74) is 7.10. The van der Waals surface area contributed by atoms with Crippen molar-refractivity contribution in [1.82, 2.24) is 4.98 Å². The van der Waals surface area contributed by atoms with Gasteiger partial charge in [-0.3, -0.25) is 0 Å². The second kappa shape index (κ2) is 5.31. The van der Waals surface area contributed by atoms with Crippen molar-refractivity contribution in [2.45, 2.75) is 13.3 Å². The van der Waals surface area contributed by atoms with E-state index >= 15 is 0 Å². The zero-order valence-electron chi connectivity index (χ0n) is 11.4. The Hall–Kier alpha value is -2.39. The van der Waals surface area contributed by atoms with E-state index in [4.69, 9.17) is 10.8 Å². The molecule has 0 fully saturated rings. The maximum absolute atomic E-state index is 5.59. The monoisotopic (exact) mass is 263 g/mol. The lowest BCUT2D eigenvalue weighted by atomic mass is 10.0. The van der Waals surface area contributed by atoms with E-state index in [0.717, 1.165) is 39.8 Å². The zero-order valence-corrected chi connectivity index (χ0v) is 11.4. The zero-order chi connectivity index (χ0) is 13.9. The molecule has 3 nitrogen and oxygen atoms in total. The molecule has 0 amide bonds. The summed E-state index contributed by atoms with van der Waals surface area (Å²) in [5, 5.41) is 1.14. The first-order valence-electron chi connectivity index (χ1n) is 6.78. The quantitative estimate of drug-likeness (QED) is 0.559. The number of fused-ring (bicyclic) bond motifs is 1. The van der Waals surface area contributed by atoms with Gasteiger partial charge in [0.25, 0.3) is 0 Å². The lowest BCUT2D eigenvalue weighted by molar-refractivity contribution is 1.10. The fraction of sp³-hybridized carbons (Fsp3) is 0.118. The Morgan fingerprint density at radius 1 is 1.05 bits per heavy atom. The van der Waals surface area contributed by atoms with E-state index in [9.17, 15) is 0 Å². The Morgan fingerprint density at radius 3 is 2.55 bits per heavy atom. The SMILES string of the molecule is CCc1cc2cccc(-c3ccccc3)c2nc1NN. The van der Waals surface area contributed by atoms with Gasteiger partial charge in [-0.05, 0) is 23.6 Å². The molecular weight excluding hydrogens is 246 g/mol. The Labute approximate surface area is 118 Å². The minimum absolute atomic E-state index is 0.753. The van der Waals surface area contributed by atoms with Crippen LogP contribution in [0.1, 0.15) is 12.5 Å². The van der Waals surface area contributed by atoms with Gasteiger partial charge in [0.2, 0.25) is 0 Å². The van der Waals surface area contributed by atoms with Gasteiger partial charge in [-0.2, -0.15) is 0 Å². The highest BCUT2D eigenvalue weighted by Gasteiger charge is 2.09. The van der Waals surface area contributed by atoms with E-state index in [-0.39, 0.29) is 0 Å². The first kappa shape index (κ1) is 12.6. The number of para-hydroxylation sites is 1. The summed E-state index contributed by atoms with van der Waals surface area (Å²) in [5.74, 6) is 6.35. The molecule has 3 rings (SSSR count). The lowest BCUT2D eigenvalue weighted by Crippen LogP contribution is -2.11. The van der Waals surface area contributed by atoms with Gasteiger partial charge in [0, 0.05) is 10.9 Å². The van der Waals surface area contributed by atoms with Crippen molar-refractivity contribution in [2.75, 3.05) is 5.43 Å². The molecule has 0 unspecified atom stereocenters. The van der Waals surface area contributed by atoms with Gasteiger partial charge in [0.1, 0.15) is 5.82 Å². The summed E-state index contributed by atoms with van der Waals surface area (Å²) >= 11 is 0. The van der Waals surface area contributed by atoms with E-state index in [1.165, 1.54) is 0 Å². The molecule has 0 spiro atoms. The number of nitrogens with two attached hydrogens (primary N) is 1. The number of benzene rings is 2. The van der Waals surface area contributed by atoms with E-state index in [0.29, 0.717) is 0 Å².